The summed E-state index contributed by atoms with van der Waals surface area (Å²) < 4.78 is 2.06. The second-order valence-corrected chi connectivity index (χ2v) is 6.86. The maximum atomic E-state index is 4.49. The third kappa shape index (κ3) is 7.04. The van der Waals surface area contributed by atoms with Gasteiger partial charge in [0.2, 0.25) is 0 Å². The molecule has 6 nitrogen and oxygen atoms in total. The van der Waals surface area contributed by atoms with Crippen molar-refractivity contribution < 1.29 is 0 Å². The van der Waals surface area contributed by atoms with Crippen LogP contribution in [0.5, 0.6) is 0 Å². The van der Waals surface area contributed by atoms with Crippen LogP contribution in [0.4, 0.5) is 5.69 Å². The number of rotatable bonds is 7. The van der Waals surface area contributed by atoms with Gasteiger partial charge >= 0.3 is 0 Å². The van der Waals surface area contributed by atoms with E-state index < -0.39 is 0 Å². The van der Waals surface area contributed by atoms with Gasteiger partial charge in [-0.15, -0.1) is 24.0 Å². The van der Waals surface area contributed by atoms with E-state index in [4.69, 9.17) is 0 Å². The Bertz CT molecular complexity index is 751. The Kier molecular flexibility index (Phi) is 9.62. The molecular formula is C20H33IN6. The number of guanidine groups is 1. The van der Waals surface area contributed by atoms with E-state index in [1.54, 1.807) is 7.05 Å². The van der Waals surface area contributed by atoms with Crippen molar-refractivity contribution in [2.45, 2.75) is 40.3 Å². The van der Waals surface area contributed by atoms with Crippen molar-refractivity contribution in [3.05, 3.63) is 46.8 Å². The molecule has 1 heterocycles. The van der Waals surface area contributed by atoms with Crippen molar-refractivity contribution in [2.75, 3.05) is 32.6 Å². The highest BCUT2D eigenvalue weighted by molar-refractivity contribution is 14.0. The maximum Gasteiger partial charge on any atom is 0.191 e. The normalized spacial score (nSPS) is 11.1. The number of benzene rings is 1. The van der Waals surface area contributed by atoms with Gasteiger partial charge in [-0.25, -0.2) is 0 Å². The van der Waals surface area contributed by atoms with Crippen LogP contribution in [0.1, 0.15) is 28.9 Å². The van der Waals surface area contributed by atoms with Crippen molar-refractivity contribution >= 4 is 35.6 Å². The Labute approximate surface area is 180 Å². The average Bonchev–Trinajstić information content (AvgIpc) is 2.92. The summed E-state index contributed by atoms with van der Waals surface area (Å²) in [5, 5.41) is 11.3. The minimum atomic E-state index is 0. The van der Waals surface area contributed by atoms with Gasteiger partial charge in [0.25, 0.3) is 0 Å². The number of anilines is 1. The van der Waals surface area contributed by atoms with E-state index in [0.717, 1.165) is 37.7 Å². The van der Waals surface area contributed by atoms with Crippen LogP contribution in [0.2, 0.25) is 0 Å². The van der Waals surface area contributed by atoms with Crippen LogP contribution < -0.4 is 15.5 Å². The molecule has 0 spiro atoms. The zero-order valence-electron chi connectivity index (χ0n) is 17.3. The Hall–Kier alpha value is -1.77. The minimum Gasteiger partial charge on any atom is -0.378 e. The second kappa shape index (κ2) is 11.2. The van der Waals surface area contributed by atoms with Crippen molar-refractivity contribution in [1.29, 1.82) is 0 Å². The molecule has 0 radical (unpaired) electrons. The first-order valence-corrected chi connectivity index (χ1v) is 9.13. The van der Waals surface area contributed by atoms with Gasteiger partial charge in [0.1, 0.15) is 0 Å². The molecule has 0 saturated carbocycles. The fourth-order valence-electron chi connectivity index (χ4n) is 2.89. The van der Waals surface area contributed by atoms with Crippen LogP contribution in [0.3, 0.4) is 0 Å². The quantitative estimate of drug-likeness (QED) is 0.274. The number of aliphatic imine (C=N–C) groups is 1. The number of nitrogens with zero attached hydrogens (tertiary/aromatic N) is 4. The van der Waals surface area contributed by atoms with Gasteiger partial charge in [-0.1, -0.05) is 6.07 Å². The number of aryl methyl sites for hydroxylation is 4. The summed E-state index contributed by atoms with van der Waals surface area (Å²) in [4.78, 5) is 6.43. The molecule has 0 bridgehead atoms. The monoisotopic (exact) mass is 484 g/mol. The number of aromatic nitrogens is 2. The smallest absolute Gasteiger partial charge is 0.191 e. The molecule has 0 aliphatic heterocycles. The first kappa shape index (κ1) is 23.3. The second-order valence-electron chi connectivity index (χ2n) is 6.86. The standard InChI is InChI=1S/C20H32N6.HI/c1-15-12-19(25(5)6)9-8-18(15)14-23-20(21-4)22-10-7-11-26-17(3)13-16(2)24-26;/h8-9,12-13H,7,10-11,14H2,1-6H3,(H2,21,22,23);1H. The zero-order valence-corrected chi connectivity index (χ0v) is 19.7. The lowest BCUT2D eigenvalue weighted by Crippen LogP contribution is -2.37. The van der Waals surface area contributed by atoms with E-state index in [0.29, 0.717) is 0 Å². The largest absolute Gasteiger partial charge is 0.378 e. The molecule has 2 N–H and O–H groups in total. The van der Waals surface area contributed by atoms with Gasteiger partial charge in [0.15, 0.2) is 5.96 Å². The fraction of sp³-hybridized carbons (Fsp3) is 0.500. The number of hydrogen-bond donors (Lipinski definition) is 2. The van der Waals surface area contributed by atoms with E-state index in [9.17, 15) is 0 Å². The van der Waals surface area contributed by atoms with E-state index >= 15 is 0 Å². The minimum absolute atomic E-state index is 0. The Morgan fingerprint density at radius 1 is 1.15 bits per heavy atom. The van der Waals surface area contributed by atoms with Gasteiger partial charge in [-0.2, -0.15) is 5.10 Å². The highest BCUT2D eigenvalue weighted by Gasteiger charge is 2.04. The summed E-state index contributed by atoms with van der Waals surface area (Å²) in [7, 11) is 5.92. The molecule has 0 fully saturated rings. The van der Waals surface area contributed by atoms with E-state index in [1.807, 2.05) is 6.92 Å². The van der Waals surface area contributed by atoms with Gasteiger partial charge in [0.05, 0.1) is 5.69 Å². The lowest BCUT2D eigenvalue weighted by atomic mass is 10.1. The summed E-state index contributed by atoms with van der Waals surface area (Å²) in [6.07, 6.45) is 0.999. The van der Waals surface area contributed by atoms with Crippen LogP contribution in [-0.2, 0) is 13.1 Å². The first-order chi connectivity index (χ1) is 12.4. The van der Waals surface area contributed by atoms with Gasteiger partial charge in [-0.3, -0.25) is 9.67 Å². The molecule has 1 aromatic heterocycles. The van der Waals surface area contributed by atoms with Crippen molar-refractivity contribution in [1.82, 2.24) is 20.4 Å². The highest BCUT2D eigenvalue weighted by Crippen LogP contribution is 2.17. The first-order valence-electron chi connectivity index (χ1n) is 9.13. The Morgan fingerprint density at radius 3 is 2.44 bits per heavy atom. The van der Waals surface area contributed by atoms with Crippen LogP contribution >= 0.6 is 24.0 Å². The Balaban J connectivity index is 0.00000364. The molecule has 150 valence electrons. The molecule has 2 aromatic rings. The topological polar surface area (TPSA) is 57.5 Å². The van der Waals surface area contributed by atoms with Crippen LogP contribution in [0.15, 0.2) is 29.3 Å². The number of halogens is 1. The molecule has 0 atom stereocenters. The predicted octanol–water partition coefficient (Wildman–Crippen LogP) is 3.25. The molecule has 7 heteroatoms. The van der Waals surface area contributed by atoms with E-state index in [-0.39, 0.29) is 24.0 Å². The van der Waals surface area contributed by atoms with Crippen molar-refractivity contribution in [2.24, 2.45) is 4.99 Å². The summed E-state index contributed by atoms with van der Waals surface area (Å²) in [5.74, 6) is 0.828. The molecule has 0 amide bonds. The van der Waals surface area contributed by atoms with Crippen molar-refractivity contribution in [3.8, 4) is 0 Å². The number of nitrogens with one attached hydrogen (secondary N) is 2. The fourth-order valence-corrected chi connectivity index (χ4v) is 2.89. The van der Waals surface area contributed by atoms with Gasteiger partial charge in [0, 0.05) is 52.2 Å². The molecular weight excluding hydrogens is 451 g/mol. The zero-order chi connectivity index (χ0) is 19.1. The summed E-state index contributed by atoms with van der Waals surface area (Å²) in [5.41, 5.74) is 6.06. The highest BCUT2D eigenvalue weighted by atomic mass is 127. The van der Waals surface area contributed by atoms with Crippen LogP contribution in [0.25, 0.3) is 0 Å². The molecule has 0 aliphatic carbocycles. The third-order valence-electron chi connectivity index (χ3n) is 4.45. The summed E-state index contributed by atoms with van der Waals surface area (Å²) in [6, 6.07) is 8.64. The molecule has 0 aliphatic rings. The molecule has 2 rings (SSSR count). The Morgan fingerprint density at radius 2 is 1.89 bits per heavy atom. The molecule has 0 saturated heterocycles. The van der Waals surface area contributed by atoms with Crippen molar-refractivity contribution in [3.63, 3.8) is 0 Å². The van der Waals surface area contributed by atoms with E-state index in [1.165, 1.54) is 22.5 Å². The molecule has 1 aromatic carbocycles. The SMILES string of the molecule is CN=C(NCCCn1nc(C)cc1C)NCc1ccc(N(C)C)cc1C.I. The number of hydrogen-bond acceptors (Lipinski definition) is 3. The lowest BCUT2D eigenvalue weighted by molar-refractivity contribution is 0.555. The van der Waals surface area contributed by atoms with E-state index in [2.05, 4.69) is 82.5 Å². The van der Waals surface area contributed by atoms with Gasteiger partial charge < -0.3 is 15.5 Å². The molecule has 0 unspecified atom stereocenters. The lowest BCUT2D eigenvalue weighted by Gasteiger charge is -2.16. The third-order valence-corrected chi connectivity index (χ3v) is 4.45. The average molecular weight is 484 g/mol. The van der Waals surface area contributed by atoms with Crippen LogP contribution in [0, 0.1) is 20.8 Å². The summed E-state index contributed by atoms with van der Waals surface area (Å²) in [6.45, 7) is 8.80. The summed E-state index contributed by atoms with van der Waals surface area (Å²) >= 11 is 0. The predicted molar refractivity (Wildman–Crippen MR) is 125 cm³/mol. The maximum absolute atomic E-state index is 4.49. The van der Waals surface area contributed by atoms with Crippen LogP contribution in [-0.4, -0.2) is 43.4 Å². The van der Waals surface area contributed by atoms with Gasteiger partial charge in [-0.05, 0) is 56.5 Å². The molecule has 27 heavy (non-hydrogen) atoms.